The summed E-state index contributed by atoms with van der Waals surface area (Å²) < 4.78 is 5.39. The molecule has 2 aliphatic carbocycles. The Kier molecular flexibility index (Phi) is 5.95. The van der Waals surface area contributed by atoms with Crippen LogP contribution in [0.15, 0.2) is 0 Å². The van der Waals surface area contributed by atoms with Gasteiger partial charge in [-0.1, -0.05) is 6.92 Å². The molecule has 0 aliphatic heterocycles. The van der Waals surface area contributed by atoms with Gasteiger partial charge in [-0.3, -0.25) is 0 Å². The average molecular weight is 326 g/mol. The van der Waals surface area contributed by atoms with Crippen molar-refractivity contribution in [2.24, 2.45) is 11.8 Å². The second-order valence-corrected chi connectivity index (χ2v) is 8.67. The SMILES string of the molecule is CC1CC(CN(C)C2CC(O)CCC2NC(=O)OC(C)(C)C)C1. The van der Waals surface area contributed by atoms with Gasteiger partial charge in [0.05, 0.1) is 6.10 Å². The number of likely N-dealkylation sites (N-methyl/N-ethyl adjacent to an activating group) is 1. The molecule has 0 aromatic rings. The molecule has 2 aliphatic rings. The van der Waals surface area contributed by atoms with Crippen LogP contribution in [-0.4, -0.2) is 53.5 Å². The first-order valence-corrected chi connectivity index (χ1v) is 9.02. The van der Waals surface area contributed by atoms with Crippen molar-refractivity contribution in [2.45, 2.75) is 83.6 Å². The molecule has 0 spiro atoms. The van der Waals surface area contributed by atoms with Crippen LogP contribution in [0.2, 0.25) is 0 Å². The Morgan fingerprint density at radius 3 is 2.48 bits per heavy atom. The summed E-state index contributed by atoms with van der Waals surface area (Å²) in [6.45, 7) is 8.97. The lowest BCUT2D eigenvalue weighted by Gasteiger charge is -2.43. The zero-order valence-corrected chi connectivity index (χ0v) is 15.3. The number of carbonyl (C=O) groups excluding carboxylic acids is 1. The Hall–Kier alpha value is -0.810. The summed E-state index contributed by atoms with van der Waals surface area (Å²) in [6, 6.07) is 0.234. The minimum atomic E-state index is -0.484. The fourth-order valence-corrected chi connectivity index (χ4v) is 4.00. The van der Waals surface area contributed by atoms with Crippen molar-refractivity contribution in [3.05, 3.63) is 0 Å². The molecule has 2 rings (SSSR count). The van der Waals surface area contributed by atoms with E-state index in [1.54, 1.807) is 0 Å². The van der Waals surface area contributed by atoms with Gasteiger partial charge in [0.2, 0.25) is 0 Å². The van der Waals surface area contributed by atoms with Gasteiger partial charge in [-0.05, 0) is 71.8 Å². The summed E-state index contributed by atoms with van der Waals surface area (Å²) in [7, 11) is 2.12. The number of carbonyl (C=O) groups is 1. The molecule has 2 saturated carbocycles. The normalized spacial score (nSPS) is 34.8. The quantitative estimate of drug-likeness (QED) is 0.834. The Balaban J connectivity index is 1.91. The highest BCUT2D eigenvalue weighted by Gasteiger charge is 2.36. The first kappa shape index (κ1) is 18.5. The van der Waals surface area contributed by atoms with Crippen LogP contribution in [0.4, 0.5) is 4.79 Å². The van der Waals surface area contributed by atoms with Gasteiger partial charge in [-0.2, -0.15) is 0 Å². The van der Waals surface area contributed by atoms with Crippen LogP contribution >= 0.6 is 0 Å². The highest BCUT2D eigenvalue weighted by molar-refractivity contribution is 5.68. The van der Waals surface area contributed by atoms with Gasteiger partial charge in [-0.15, -0.1) is 0 Å². The van der Waals surface area contributed by atoms with Gasteiger partial charge in [-0.25, -0.2) is 4.79 Å². The third kappa shape index (κ3) is 5.64. The molecule has 23 heavy (non-hydrogen) atoms. The first-order valence-electron chi connectivity index (χ1n) is 9.02. The highest BCUT2D eigenvalue weighted by atomic mass is 16.6. The zero-order chi connectivity index (χ0) is 17.2. The second-order valence-electron chi connectivity index (χ2n) is 8.67. The van der Waals surface area contributed by atoms with E-state index in [1.165, 1.54) is 12.8 Å². The molecule has 0 bridgehead atoms. The van der Waals surface area contributed by atoms with Crippen LogP contribution in [0, 0.1) is 11.8 Å². The van der Waals surface area contributed by atoms with Crippen LogP contribution in [0.3, 0.4) is 0 Å². The van der Waals surface area contributed by atoms with E-state index in [-0.39, 0.29) is 24.3 Å². The first-order chi connectivity index (χ1) is 10.6. The summed E-state index contributed by atoms with van der Waals surface area (Å²) in [4.78, 5) is 14.4. The maximum absolute atomic E-state index is 12.1. The number of amides is 1. The molecule has 0 radical (unpaired) electrons. The van der Waals surface area contributed by atoms with Gasteiger partial charge in [0.15, 0.2) is 0 Å². The number of aliphatic hydroxyl groups excluding tert-OH is 1. The molecule has 1 amide bonds. The minimum Gasteiger partial charge on any atom is -0.444 e. The van der Waals surface area contributed by atoms with Crippen molar-refractivity contribution in [2.75, 3.05) is 13.6 Å². The summed E-state index contributed by atoms with van der Waals surface area (Å²) >= 11 is 0. The molecule has 0 saturated heterocycles. The van der Waals surface area contributed by atoms with Crippen LogP contribution in [-0.2, 0) is 4.74 Å². The molecule has 0 aromatic heterocycles. The van der Waals surface area contributed by atoms with Gasteiger partial charge in [0, 0.05) is 18.6 Å². The highest BCUT2D eigenvalue weighted by Crippen LogP contribution is 2.34. The molecular formula is C18H34N2O3. The Labute approximate surface area is 140 Å². The van der Waals surface area contributed by atoms with Gasteiger partial charge < -0.3 is 20.1 Å². The smallest absolute Gasteiger partial charge is 0.407 e. The van der Waals surface area contributed by atoms with E-state index < -0.39 is 5.60 Å². The number of rotatable bonds is 4. The van der Waals surface area contributed by atoms with Gasteiger partial charge in [0.25, 0.3) is 0 Å². The van der Waals surface area contributed by atoms with E-state index in [0.717, 1.165) is 37.6 Å². The molecule has 134 valence electrons. The molecule has 2 N–H and O–H groups in total. The van der Waals surface area contributed by atoms with Crippen molar-refractivity contribution in [3.8, 4) is 0 Å². The molecule has 5 nitrogen and oxygen atoms in total. The van der Waals surface area contributed by atoms with E-state index >= 15 is 0 Å². The average Bonchev–Trinajstić information content (AvgIpc) is 2.36. The number of nitrogens with zero attached hydrogens (tertiary/aromatic N) is 1. The summed E-state index contributed by atoms with van der Waals surface area (Å²) in [5.41, 5.74) is -0.484. The van der Waals surface area contributed by atoms with Crippen LogP contribution in [0.25, 0.3) is 0 Å². The predicted molar refractivity (Wildman–Crippen MR) is 91.3 cm³/mol. The fourth-order valence-electron chi connectivity index (χ4n) is 4.00. The van der Waals surface area contributed by atoms with E-state index in [9.17, 15) is 9.90 Å². The maximum atomic E-state index is 12.1. The summed E-state index contributed by atoms with van der Waals surface area (Å²) in [5, 5.41) is 13.1. The minimum absolute atomic E-state index is 0.0516. The number of nitrogens with one attached hydrogen (secondary N) is 1. The van der Waals surface area contributed by atoms with E-state index in [1.807, 2.05) is 20.8 Å². The molecule has 2 fully saturated rings. The topological polar surface area (TPSA) is 61.8 Å². The van der Waals surface area contributed by atoms with E-state index in [4.69, 9.17) is 4.74 Å². The Bertz CT molecular complexity index is 402. The van der Waals surface area contributed by atoms with E-state index in [2.05, 4.69) is 24.2 Å². The van der Waals surface area contributed by atoms with Crippen molar-refractivity contribution in [1.82, 2.24) is 10.2 Å². The molecule has 3 atom stereocenters. The van der Waals surface area contributed by atoms with Crippen LogP contribution in [0.1, 0.15) is 59.8 Å². The second kappa shape index (κ2) is 7.39. The van der Waals surface area contributed by atoms with Crippen molar-refractivity contribution >= 4 is 6.09 Å². The number of ether oxygens (including phenoxy) is 1. The number of aliphatic hydroxyl groups is 1. The largest absolute Gasteiger partial charge is 0.444 e. The van der Waals surface area contributed by atoms with Crippen molar-refractivity contribution in [1.29, 1.82) is 0 Å². The van der Waals surface area contributed by atoms with Crippen LogP contribution < -0.4 is 5.32 Å². The number of hydrogen-bond donors (Lipinski definition) is 2. The van der Waals surface area contributed by atoms with Crippen molar-refractivity contribution in [3.63, 3.8) is 0 Å². The number of hydrogen-bond acceptors (Lipinski definition) is 4. The maximum Gasteiger partial charge on any atom is 0.407 e. The lowest BCUT2D eigenvalue weighted by Crippen LogP contribution is -2.56. The predicted octanol–water partition coefficient (Wildman–Crippen LogP) is 2.77. The Morgan fingerprint density at radius 2 is 1.91 bits per heavy atom. The van der Waals surface area contributed by atoms with Crippen LogP contribution in [0.5, 0.6) is 0 Å². The monoisotopic (exact) mass is 326 g/mol. The molecule has 0 aromatic carbocycles. The Morgan fingerprint density at radius 1 is 1.26 bits per heavy atom. The zero-order valence-electron chi connectivity index (χ0n) is 15.3. The summed E-state index contributed by atoms with van der Waals surface area (Å²) in [5.74, 6) is 1.61. The molecule has 0 heterocycles. The standard InChI is InChI=1S/C18H34N2O3/c1-12-8-13(9-12)11-20(5)16-10-14(21)6-7-15(16)19-17(22)23-18(2,3)4/h12-16,21H,6-11H2,1-5H3,(H,19,22). The summed E-state index contributed by atoms with van der Waals surface area (Å²) in [6.07, 6.45) is 4.24. The molecule has 5 heteroatoms. The third-order valence-electron chi connectivity index (χ3n) is 5.07. The number of alkyl carbamates (subject to hydrolysis) is 1. The lowest BCUT2D eigenvalue weighted by molar-refractivity contribution is 0.0198. The van der Waals surface area contributed by atoms with Crippen molar-refractivity contribution < 1.29 is 14.6 Å². The van der Waals surface area contributed by atoms with Gasteiger partial charge in [0.1, 0.15) is 5.60 Å². The molecule has 3 unspecified atom stereocenters. The van der Waals surface area contributed by atoms with Gasteiger partial charge >= 0.3 is 6.09 Å². The third-order valence-corrected chi connectivity index (χ3v) is 5.07. The molecular weight excluding hydrogens is 292 g/mol. The van der Waals surface area contributed by atoms with E-state index in [0.29, 0.717) is 0 Å². The fraction of sp³-hybridized carbons (Fsp3) is 0.944. The lowest BCUT2D eigenvalue weighted by atomic mass is 9.75.